The third-order valence-corrected chi connectivity index (χ3v) is 3.31. The Labute approximate surface area is 84.2 Å². The summed E-state index contributed by atoms with van der Waals surface area (Å²) in [6.07, 6.45) is 2.40. The maximum atomic E-state index is 11.2. The van der Waals surface area contributed by atoms with Gasteiger partial charge in [0.1, 0.15) is 0 Å². The number of hydrogen-bond donors (Lipinski definition) is 1. The Bertz CT molecular complexity index is 167. The Hall–Kier alpha value is -0.220. The van der Waals surface area contributed by atoms with Crippen LogP contribution < -0.4 is 5.32 Å². The van der Waals surface area contributed by atoms with Gasteiger partial charge in [0, 0.05) is 20.1 Å². The van der Waals surface area contributed by atoms with Crippen LogP contribution in [0.15, 0.2) is 0 Å². The van der Waals surface area contributed by atoms with E-state index in [1.807, 2.05) is 11.8 Å². The maximum absolute atomic E-state index is 11.2. The summed E-state index contributed by atoms with van der Waals surface area (Å²) in [5.41, 5.74) is 0. The van der Waals surface area contributed by atoms with Crippen molar-refractivity contribution in [2.75, 3.05) is 32.1 Å². The van der Waals surface area contributed by atoms with Gasteiger partial charge in [-0.1, -0.05) is 0 Å². The number of carbonyl (C=O) groups excluding carboxylic acids is 1. The van der Waals surface area contributed by atoms with Crippen LogP contribution in [0.4, 0.5) is 0 Å². The highest BCUT2D eigenvalue weighted by molar-refractivity contribution is 7.99. The van der Waals surface area contributed by atoms with Crippen LogP contribution in [0.5, 0.6) is 0 Å². The van der Waals surface area contributed by atoms with Gasteiger partial charge < -0.3 is 10.2 Å². The molecule has 1 fully saturated rings. The van der Waals surface area contributed by atoms with Crippen LogP contribution in [0, 0.1) is 0 Å². The second-order valence-corrected chi connectivity index (χ2v) is 4.78. The molecule has 1 rings (SSSR count). The van der Waals surface area contributed by atoms with Gasteiger partial charge in [-0.3, -0.25) is 4.79 Å². The predicted molar refractivity (Wildman–Crippen MR) is 57.0 cm³/mol. The minimum Gasteiger partial charge on any atom is -0.348 e. The molecule has 0 aromatic rings. The summed E-state index contributed by atoms with van der Waals surface area (Å²) in [5.74, 6) is 2.62. The highest BCUT2D eigenvalue weighted by Crippen LogP contribution is 2.16. The van der Waals surface area contributed by atoms with E-state index in [-0.39, 0.29) is 5.91 Å². The largest absolute Gasteiger partial charge is 0.348 e. The fraction of sp³-hybridized carbons (Fsp3) is 0.889. The van der Waals surface area contributed by atoms with Crippen molar-refractivity contribution in [2.45, 2.75) is 18.9 Å². The molecular formula is C9H18N2OS. The predicted octanol–water partition coefficient (Wildman–Crippen LogP) is 0.560. The summed E-state index contributed by atoms with van der Waals surface area (Å²) in [5, 5.41) is 3.30. The first-order valence-electron chi connectivity index (χ1n) is 4.71. The zero-order valence-corrected chi connectivity index (χ0v) is 9.19. The van der Waals surface area contributed by atoms with E-state index >= 15 is 0 Å². The average Bonchev–Trinajstić information content (AvgIpc) is 2.15. The molecule has 0 radical (unpaired) electrons. The van der Waals surface area contributed by atoms with Crippen LogP contribution >= 0.6 is 11.8 Å². The topological polar surface area (TPSA) is 32.3 Å². The van der Waals surface area contributed by atoms with Gasteiger partial charge in [-0.25, -0.2) is 0 Å². The van der Waals surface area contributed by atoms with Gasteiger partial charge in [0.2, 0.25) is 5.91 Å². The molecular weight excluding hydrogens is 184 g/mol. The van der Waals surface area contributed by atoms with Gasteiger partial charge in [0.25, 0.3) is 0 Å². The molecule has 13 heavy (non-hydrogen) atoms. The van der Waals surface area contributed by atoms with Crippen molar-refractivity contribution in [3.63, 3.8) is 0 Å². The lowest BCUT2D eigenvalue weighted by Crippen LogP contribution is -2.40. The van der Waals surface area contributed by atoms with Crippen molar-refractivity contribution >= 4 is 17.7 Å². The summed E-state index contributed by atoms with van der Waals surface area (Å²) in [6.45, 7) is 0.488. The fourth-order valence-electron chi connectivity index (χ4n) is 1.29. The Morgan fingerprint density at radius 1 is 1.46 bits per heavy atom. The third-order valence-electron chi connectivity index (χ3n) is 2.26. The molecule has 1 aliphatic rings. The Balaban J connectivity index is 2.13. The second kappa shape index (κ2) is 5.50. The molecule has 1 aliphatic heterocycles. The highest BCUT2D eigenvalue weighted by Gasteiger charge is 2.14. The van der Waals surface area contributed by atoms with Gasteiger partial charge >= 0.3 is 0 Å². The molecule has 1 heterocycles. The lowest BCUT2D eigenvalue weighted by molar-refractivity contribution is -0.127. The zero-order valence-electron chi connectivity index (χ0n) is 8.38. The van der Waals surface area contributed by atoms with Crippen molar-refractivity contribution in [1.29, 1.82) is 0 Å². The molecule has 3 nitrogen and oxygen atoms in total. The van der Waals surface area contributed by atoms with E-state index < -0.39 is 0 Å². The Morgan fingerprint density at radius 3 is 2.62 bits per heavy atom. The van der Waals surface area contributed by atoms with E-state index in [2.05, 4.69) is 5.32 Å². The van der Waals surface area contributed by atoms with Crippen LogP contribution in [-0.2, 0) is 4.79 Å². The van der Waals surface area contributed by atoms with E-state index in [0.29, 0.717) is 12.6 Å². The molecule has 0 spiro atoms. The Kier molecular flexibility index (Phi) is 4.59. The van der Waals surface area contributed by atoms with Crippen LogP contribution in [0.25, 0.3) is 0 Å². The minimum absolute atomic E-state index is 0.165. The number of nitrogens with zero attached hydrogens (tertiary/aromatic N) is 1. The lowest BCUT2D eigenvalue weighted by Gasteiger charge is -2.23. The Morgan fingerprint density at radius 2 is 2.08 bits per heavy atom. The summed E-state index contributed by atoms with van der Waals surface area (Å²) in [4.78, 5) is 12.9. The normalized spacial score (nSPS) is 18.6. The molecule has 4 heteroatoms. The molecule has 0 saturated carbocycles. The molecule has 0 aliphatic carbocycles. The molecule has 0 bridgehead atoms. The molecule has 1 N–H and O–H groups in total. The first-order chi connectivity index (χ1) is 6.20. The van der Waals surface area contributed by atoms with Gasteiger partial charge in [-0.05, 0) is 24.3 Å². The van der Waals surface area contributed by atoms with Crippen molar-refractivity contribution in [3.05, 3.63) is 0 Å². The number of carbonyl (C=O) groups is 1. The van der Waals surface area contributed by atoms with E-state index in [1.165, 1.54) is 24.3 Å². The summed E-state index contributed by atoms with van der Waals surface area (Å²) >= 11 is 2.00. The molecule has 0 unspecified atom stereocenters. The quantitative estimate of drug-likeness (QED) is 0.726. The standard InChI is InChI=1S/C9H18N2OS/c1-11(2)9(12)7-10-8-3-5-13-6-4-8/h8,10H,3-7H2,1-2H3. The third kappa shape index (κ3) is 4.00. The second-order valence-electron chi connectivity index (χ2n) is 3.56. The number of nitrogens with one attached hydrogen (secondary N) is 1. The van der Waals surface area contributed by atoms with Crippen LogP contribution in [0.2, 0.25) is 0 Å². The van der Waals surface area contributed by atoms with Crippen molar-refractivity contribution in [3.8, 4) is 0 Å². The molecule has 0 atom stereocenters. The van der Waals surface area contributed by atoms with Crippen molar-refractivity contribution in [1.82, 2.24) is 10.2 Å². The fourth-order valence-corrected chi connectivity index (χ4v) is 2.40. The molecule has 0 aromatic heterocycles. The van der Waals surface area contributed by atoms with E-state index in [4.69, 9.17) is 0 Å². The first kappa shape index (κ1) is 10.9. The van der Waals surface area contributed by atoms with Crippen molar-refractivity contribution in [2.24, 2.45) is 0 Å². The number of thioether (sulfide) groups is 1. The molecule has 1 amide bonds. The van der Waals surface area contributed by atoms with Gasteiger partial charge in [0.15, 0.2) is 0 Å². The zero-order chi connectivity index (χ0) is 9.68. The average molecular weight is 202 g/mol. The molecule has 0 aromatic carbocycles. The number of hydrogen-bond acceptors (Lipinski definition) is 3. The summed E-state index contributed by atoms with van der Waals surface area (Å²) < 4.78 is 0. The highest BCUT2D eigenvalue weighted by atomic mass is 32.2. The number of amides is 1. The van der Waals surface area contributed by atoms with E-state index in [1.54, 1.807) is 19.0 Å². The van der Waals surface area contributed by atoms with Gasteiger partial charge in [-0.15, -0.1) is 0 Å². The number of likely N-dealkylation sites (N-methyl/N-ethyl adjacent to an activating group) is 1. The smallest absolute Gasteiger partial charge is 0.236 e. The minimum atomic E-state index is 0.165. The molecule has 1 saturated heterocycles. The van der Waals surface area contributed by atoms with Crippen molar-refractivity contribution < 1.29 is 4.79 Å². The number of rotatable bonds is 3. The maximum Gasteiger partial charge on any atom is 0.236 e. The molecule has 76 valence electrons. The SMILES string of the molecule is CN(C)C(=O)CNC1CCSCC1. The monoisotopic (exact) mass is 202 g/mol. The van der Waals surface area contributed by atoms with Crippen LogP contribution in [0.3, 0.4) is 0 Å². The summed E-state index contributed by atoms with van der Waals surface area (Å²) in [7, 11) is 3.58. The van der Waals surface area contributed by atoms with Crippen LogP contribution in [-0.4, -0.2) is 49.0 Å². The van der Waals surface area contributed by atoms with Crippen LogP contribution in [0.1, 0.15) is 12.8 Å². The van der Waals surface area contributed by atoms with E-state index in [9.17, 15) is 4.79 Å². The first-order valence-corrected chi connectivity index (χ1v) is 5.87. The van der Waals surface area contributed by atoms with E-state index in [0.717, 1.165) is 0 Å². The summed E-state index contributed by atoms with van der Waals surface area (Å²) in [6, 6.07) is 0.560. The van der Waals surface area contributed by atoms with Gasteiger partial charge in [0.05, 0.1) is 6.54 Å². The van der Waals surface area contributed by atoms with Gasteiger partial charge in [-0.2, -0.15) is 11.8 Å². The lowest BCUT2D eigenvalue weighted by atomic mass is 10.1.